The van der Waals surface area contributed by atoms with Crippen LogP contribution in [0, 0.1) is 5.92 Å². The summed E-state index contributed by atoms with van der Waals surface area (Å²) in [5, 5.41) is 10.1. The number of nitrogens with zero attached hydrogens (tertiary/aromatic N) is 1. The van der Waals surface area contributed by atoms with Gasteiger partial charge in [-0.3, -0.25) is 0 Å². The third-order valence-corrected chi connectivity index (χ3v) is 3.83. The molecule has 0 bridgehead atoms. The molecule has 5 heteroatoms. The number of hydrogen-bond acceptors (Lipinski definition) is 3. The molecule has 0 radical (unpaired) electrons. The molecule has 0 saturated heterocycles. The fraction of sp³-hybridized carbons (Fsp3) is 0.538. The lowest BCUT2D eigenvalue weighted by Gasteiger charge is -2.24. The van der Waals surface area contributed by atoms with Gasteiger partial charge in [-0.15, -0.1) is 0 Å². The third-order valence-electron chi connectivity index (χ3n) is 2.60. The van der Waals surface area contributed by atoms with E-state index in [0.29, 0.717) is 6.54 Å². The summed E-state index contributed by atoms with van der Waals surface area (Å²) in [5.41, 5.74) is 0.731. The summed E-state index contributed by atoms with van der Waals surface area (Å²) in [4.78, 5) is 0. The Morgan fingerprint density at radius 2 is 1.72 bits per heavy atom. The van der Waals surface area contributed by atoms with E-state index in [2.05, 4.69) is 0 Å². The van der Waals surface area contributed by atoms with Crippen molar-refractivity contribution in [1.82, 2.24) is 4.31 Å². The van der Waals surface area contributed by atoms with Crippen molar-refractivity contribution in [2.75, 3.05) is 19.3 Å². The molecule has 0 unspecified atom stereocenters. The second-order valence-electron chi connectivity index (χ2n) is 4.90. The molecule has 1 aromatic rings. The molecule has 102 valence electrons. The number of rotatable bonds is 6. The molecule has 1 aromatic carbocycles. The van der Waals surface area contributed by atoms with Crippen LogP contribution in [0.4, 0.5) is 0 Å². The Balaban J connectivity index is 2.78. The van der Waals surface area contributed by atoms with E-state index in [1.165, 1.54) is 10.6 Å². The van der Waals surface area contributed by atoms with Crippen LogP contribution in [0.3, 0.4) is 0 Å². The van der Waals surface area contributed by atoms with Gasteiger partial charge in [0, 0.05) is 13.1 Å². The van der Waals surface area contributed by atoms with Crippen molar-refractivity contribution in [3.63, 3.8) is 0 Å². The van der Waals surface area contributed by atoms with Crippen LogP contribution in [0.5, 0.6) is 0 Å². The fourth-order valence-electron chi connectivity index (χ4n) is 1.73. The number of benzene rings is 1. The van der Waals surface area contributed by atoms with Gasteiger partial charge < -0.3 is 5.11 Å². The quantitative estimate of drug-likeness (QED) is 0.855. The Morgan fingerprint density at radius 1 is 1.17 bits per heavy atom. The van der Waals surface area contributed by atoms with Crippen molar-refractivity contribution < 1.29 is 13.5 Å². The summed E-state index contributed by atoms with van der Waals surface area (Å²) in [6.07, 6.45) is 0.382. The van der Waals surface area contributed by atoms with Gasteiger partial charge in [0.05, 0.1) is 12.4 Å². The summed E-state index contributed by atoms with van der Waals surface area (Å²) < 4.78 is 24.6. The summed E-state index contributed by atoms with van der Waals surface area (Å²) in [6.45, 7) is 4.42. The van der Waals surface area contributed by atoms with Crippen molar-refractivity contribution in [2.45, 2.75) is 20.0 Å². The molecule has 0 fully saturated rings. The van der Waals surface area contributed by atoms with Crippen molar-refractivity contribution in [3.05, 3.63) is 35.9 Å². The van der Waals surface area contributed by atoms with Crippen molar-refractivity contribution in [2.24, 2.45) is 5.92 Å². The van der Waals surface area contributed by atoms with Crippen molar-refractivity contribution in [1.29, 1.82) is 0 Å². The number of sulfonamides is 1. The Bertz CT molecular complexity index is 456. The van der Waals surface area contributed by atoms with E-state index in [9.17, 15) is 13.5 Å². The van der Waals surface area contributed by atoms with Crippen LogP contribution in [0.25, 0.3) is 0 Å². The lowest BCUT2D eigenvalue weighted by atomic mass is 10.1. The number of aliphatic hydroxyl groups is 1. The molecule has 0 aliphatic heterocycles. The SMILES string of the molecule is CC(C)CN(C[C@H](O)c1ccccc1)S(C)(=O)=O. The molecule has 0 aliphatic carbocycles. The first-order valence-electron chi connectivity index (χ1n) is 5.99. The Kier molecular flexibility index (Phi) is 5.31. The van der Waals surface area contributed by atoms with E-state index in [4.69, 9.17) is 0 Å². The van der Waals surface area contributed by atoms with Gasteiger partial charge in [0.1, 0.15) is 0 Å². The second-order valence-corrected chi connectivity index (χ2v) is 6.88. The lowest BCUT2D eigenvalue weighted by Crippen LogP contribution is -2.36. The highest BCUT2D eigenvalue weighted by Crippen LogP contribution is 2.16. The fourth-order valence-corrected chi connectivity index (χ4v) is 2.71. The topological polar surface area (TPSA) is 57.6 Å². The minimum atomic E-state index is -3.29. The smallest absolute Gasteiger partial charge is 0.211 e. The highest BCUT2D eigenvalue weighted by molar-refractivity contribution is 7.88. The highest BCUT2D eigenvalue weighted by Gasteiger charge is 2.21. The lowest BCUT2D eigenvalue weighted by molar-refractivity contribution is 0.144. The summed E-state index contributed by atoms with van der Waals surface area (Å²) in [5.74, 6) is 0.225. The van der Waals surface area contributed by atoms with Crippen LogP contribution in [0.15, 0.2) is 30.3 Å². The average molecular weight is 271 g/mol. The van der Waals surface area contributed by atoms with Gasteiger partial charge in [-0.25, -0.2) is 8.42 Å². The molecule has 0 heterocycles. The highest BCUT2D eigenvalue weighted by atomic mass is 32.2. The minimum absolute atomic E-state index is 0.0982. The van der Waals surface area contributed by atoms with Gasteiger partial charge in [-0.2, -0.15) is 4.31 Å². The van der Waals surface area contributed by atoms with Gasteiger partial charge >= 0.3 is 0 Å². The van der Waals surface area contributed by atoms with Crippen molar-refractivity contribution >= 4 is 10.0 Å². The molecule has 0 saturated carbocycles. The van der Waals surface area contributed by atoms with Crippen LogP contribution >= 0.6 is 0 Å². The molecule has 18 heavy (non-hydrogen) atoms. The summed E-state index contributed by atoms with van der Waals surface area (Å²) in [6, 6.07) is 9.09. The van der Waals surface area contributed by atoms with Gasteiger partial charge in [-0.1, -0.05) is 44.2 Å². The predicted molar refractivity (Wildman–Crippen MR) is 72.7 cm³/mol. The maximum absolute atomic E-state index is 11.6. The zero-order valence-electron chi connectivity index (χ0n) is 11.1. The van der Waals surface area contributed by atoms with E-state index >= 15 is 0 Å². The molecule has 1 N–H and O–H groups in total. The van der Waals surface area contributed by atoms with Gasteiger partial charge in [0.15, 0.2) is 0 Å². The Hall–Kier alpha value is -0.910. The van der Waals surface area contributed by atoms with E-state index in [-0.39, 0.29) is 12.5 Å². The van der Waals surface area contributed by atoms with Crippen LogP contribution in [-0.2, 0) is 10.0 Å². The third kappa shape index (κ3) is 4.76. The zero-order valence-corrected chi connectivity index (χ0v) is 11.9. The van der Waals surface area contributed by atoms with E-state index < -0.39 is 16.1 Å². The average Bonchev–Trinajstić information content (AvgIpc) is 2.27. The van der Waals surface area contributed by atoms with Crippen molar-refractivity contribution in [3.8, 4) is 0 Å². The molecule has 0 spiro atoms. The normalized spacial score (nSPS) is 14.1. The number of aliphatic hydroxyl groups excluding tert-OH is 1. The van der Waals surface area contributed by atoms with E-state index in [1.807, 2.05) is 32.0 Å². The first kappa shape index (κ1) is 15.1. The monoisotopic (exact) mass is 271 g/mol. The predicted octanol–water partition coefficient (Wildman–Crippen LogP) is 1.64. The minimum Gasteiger partial charge on any atom is -0.387 e. The molecule has 0 amide bonds. The molecule has 1 rings (SSSR count). The van der Waals surface area contributed by atoms with Gasteiger partial charge in [-0.05, 0) is 11.5 Å². The molecule has 0 aromatic heterocycles. The number of hydrogen-bond donors (Lipinski definition) is 1. The van der Waals surface area contributed by atoms with Gasteiger partial charge in [0.2, 0.25) is 10.0 Å². The molecular weight excluding hydrogens is 250 g/mol. The van der Waals surface area contributed by atoms with E-state index in [1.54, 1.807) is 12.1 Å². The molecule has 4 nitrogen and oxygen atoms in total. The zero-order chi connectivity index (χ0) is 13.8. The van der Waals surface area contributed by atoms with Crippen LogP contribution < -0.4 is 0 Å². The molecule has 0 aliphatic rings. The first-order chi connectivity index (χ1) is 8.30. The van der Waals surface area contributed by atoms with Gasteiger partial charge in [0.25, 0.3) is 0 Å². The standard InChI is InChI=1S/C13H21NO3S/c1-11(2)9-14(18(3,16)17)10-13(15)12-7-5-4-6-8-12/h4-8,11,13,15H,9-10H2,1-3H3/t13-/m0/s1. The first-order valence-corrected chi connectivity index (χ1v) is 7.83. The molecule has 1 atom stereocenters. The maximum atomic E-state index is 11.6. The van der Waals surface area contributed by atoms with Crippen LogP contribution in [-0.4, -0.2) is 37.2 Å². The Labute approximate surface area is 109 Å². The Morgan fingerprint density at radius 3 is 2.17 bits per heavy atom. The second kappa shape index (κ2) is 6.31. The van der Waals surface area contributed by atoms with Crippen LogP contribution in [0.2, 0.25) is 0 Å². The maximum Gasteiger partial charge on any atom is 0.211 e. The molecular formula is C13H21NO3S. The largest absolute Gasteiger partial charge is 0.387 e. The van der Waals surface area contributed by atoms with Crippen LogP contribution in [0.1, 0.15) is 25.5 Å². The van der Waals surface area contributed by atoms with E-state index in [0.717, 1.165) is 5.56 Å². The summed E-state index contributed by atoms with van der Waals surface area (Å²) in [7, 11) is -3.29. The summed E-state index contributed by atoms with van der Waals surface area (Å²) >= 11 is 0.